The van der Waals surface area contributed by atoms with Crippen LogP contribution < -0.4 is 5.32 Å². The number of hydrogen-bond donors (Lipinski definition) is 1. The van der Waals surface area contributed by atoms with Crippen LogP contribution >= 0.6 is 0 Å². The van der Waals surface area contributed by atoms with Crippen molar-refractivity contribution in [2.45, 2.75) is 38.5 Å². The van der Waals surface area contributed by atoms with E-state index in [2.05, 4.69) is 5.32 Å². The fourth-order valence-corrected chi connectivity index (χ4v) is 2.97. The zero-order chi connectivity index (χ0) is 19.8. The van der Waals surface area contributed by atoms with Gasteiger partial charge in [-0.2, -0.15) is 0 Å². The maximum absolute atomic E-state index is 12.3. The number of Topliss-reactive ketones (excluding diaryl/α,β-unsaturated/α-hetero) is 1. The molecule has 146 valence electrons. The highest BCUT2D eigenvalue weighted by Crippen LogP contribution is 2.23. The van der Waals surface area contributed by atoms with Crippen LogP contribution in [0.1, 0.15) is 47.2 Å². The molecule has 2 rings (SSSR count). The molecule has 0 bridgehead atoms. The van der Waals surface area contributed by atoms with E-state index in [0.717, 1.165) is 19.3 Å². The minimum Gasteiger partial charge on any atom is -0.456 e. The molecule has 1 aliphatic rings. The van der Waals surface area contributed by atoms with Gasteiger partial charge in [0.2, 0.25) is 5.91 Å². The Morgan fingerprint density at radius 2 is 1.78 bits per heavy atom. The van der Waals surface area contributed by atoms with Gasteiger partial charge in [0, 0.05) is 26.1 Å². The number of esters is 1. The van der Waals surface area contributed by atoms with Crippen molar-refractivity contribution in [3.63, 3.8) is 0 Å². The molecule has 0 spiro atoms. The number of carbonyl (C=O) groups excluding carboxylic acids is 4. The lowest BCUT2D eigenvalue weighted by Gasteiger charge is -2.16. The van der Waals surface area contributed by atoms with Crippen molar-refractivity contribution < 1.29 is 23.9 Å². The molecule has 1 N–H and O–H groups in total. The fraction of sp³-hybridized carbons (Fsp3) is 0.500. The fourth-order valence-electron chi connectivity index (χ4n) is 2.97. The van der Waals surface area contributed by atoms with E-state index in [-0.39, 0.29) is 31.1 Å². The highest BCUT2D eigenvalue weighted by Gasteiger charge is 2.17. The third-order valence-electron chi connectivity index (χ3n) is 4.67. The van der Waals surface area contributed by atoms with Gasteiger partial charge in [0.05, 0.1) is 13.0 Å². The third kappa shape index (κ3) is 6.20. The van der Waals surface area contributed by atoms with Crippen molar-refractivity contribution in [3.8, 4) is 0 Å². The highest BCUT2D eigenvalue weighted by atomic mass is 16.5. The van der Waals surface area contributed by atoms with Crippen LogP contribution in [-0.2, 0) is 32.0 Å². The zero-order valence-electron chi connectivity index (χ0n) is 15.9. The van der Waals surface area contributed by atoms with Crippen molar-refractivity contribution in [1.82, 2.24) is 10.2 Å². The van der Waals surface area contributed by atoms with E-state index < -0.39 is 18.5 Å². The average molecular weight is 374 g/mol. The summed E-state index contributed by atoms with van der Waals surface area (Å²) in [6.07, 6.45) is 4.33. The molecular weight excluding hydrogens is 348 g/mol. The molecule has 0 aliphatic heterocycles. The lowest BCUT2D eigenvalue weighted by Crippen LogP contribution is -2.39. The Hall–Kier alpha value is -2.70. The van der Waals surface area contributed by atoms with Crippen LogP contribution in [0.2, 0.25) is 0 Å². The lowest BCUT2D eigenvalue weighted by atomic mass is 9.89. The Morgan fingerprint density at radius 1 is 1.07 bits per heavy atom. The number of fused-ring (bicyclic) bond motifs is 1. The first-order valence-corrected chi connectivity index (χ1v) is 9.16. The average Bonchev–Trinajstić information content (AvgIpc) is 2.69. The maximum Gasteiger partial charge on any atom is 0.306 e. The number of carbonyl (C=O) groups is 4. The normalized spacial score (nSPS) is 12.7. The summed E-state index contributed by atoms with van der Waals surface area (Å²) < 4.78 is 4.90. The highest BCUT2D eigenvalue weighted by molar-refractivity contribution is 5.98. The molecule has 1 aromatic carbocycles. The number of benzene rings is 1. The van der Waals surface area contributed by atoms with Crippen molar-refractivity contribution in [1.29, 1.82) is 0 Å². The van der Waals surface area contributed by atoms with E-state index in [1.54, 1.807) is 0 Å². The molecule has 0 heterocycles. The molecule has 27 heavy (non-hydrogen) atoms. The summed E-state index contributed by atoms with van der Waals surface area (Å²) in [6.45, 7) is -0.553. The quantitative estimate of drug-likeness (QED) is 0.546. The number of hydrogen-bond acceptors (Lipinski definition) is 5. The predicted molar refractivity (Wildman–Crippen MR) is 99.3 cm³/mol. The first-order valence-electron chi connectivity index (χ1n) is 9.16. The van der Waals surface area contributed by atoms with Crippen LogP contribution in [0.4, 0.5) is 0 Å². The van der Waals surface area contributed by atoms with E-state index in [9.17, 15) is 19.2 Å². The molecule has 1 aromatic rings. The molecule has 0 radical (unpaired) electrons. The largest absolute Gasteiger partial charge is 0.456 e. The number of ketones is 1. The van der Waals surface area contributed by atoms with Crippen LogP contribution in [0.15, 0.2) is 18.2 Å². The SMILES string of the molecule is CNC(=O)CN(C)C(=O)COC(=O)CCC(=O)c1ccc2c(c1)CCCC2. The van der Waals surface area contributed by atoms with Crippen molar-refractivity contribution in [3.05, 3.63) is 34.9 Å². The summed E-state index contributed by atoms with van der Waals surface area (Å²) in [5, 5.41) is 2.40. The van der Waals surface area contributed by atoms with Gasteiger partial charge in [-0.15, -0.1) is 0 Å². The molecule has 0 atom stereocenters. The first kappa shape index (κ1) is 20.6. The first-order chi connectivity index (χ1) is 12.9. The van der Waals surface area contributed by atoms with Crippen molar-refractivity contribution in [2.24, 2.45) is 0 Å². The van der Waals surface area contributed by atoms with Crippen LogP contribution in [0.5, 0.6) is 0 Å². The third-order valence-corrected chi connectivity index (χ3v) is 4.67. The van der Waals surface area contributed by atoms with E-state index >= 15 is 0 Å². The molecule has 2 amide bonds. The summed E-state index contributed by atoms with van der Waals surface area (Å²) in [5.74, 6) is -1.51. The number of nitrogens with one attached hydrogen (secondary N) is 1. The van der Waals surface area contributed by atoms with Gasteiger partial charge in [-0.25, -0.2) is 0 Å². The number of amides is 2. The second kappa shape index (κ2) is 9.85. The number of ether oxygens (including phenoxy) is 1. The van der Waals surface area contributed by atoms with Gasteiger partial charge < -0.3 is 15.0 Å². The number of aryl methyl sites for hydroxylation is 2. The van der Waals surface area contributed by atoms with E-state index in [1.807, 2.05) is 18.2 Å². The Morgan fingerprint density at radius 3 is 2.48 bits per heavy atom. The summed E-state index contributed by atoms with van der Waals surface area (Å²) in [6, 6.07) is 5.75. The summed E-state index contributed by atoms with van der Waals surface area (Å²) >= 11 is 0. The number of likely N-dealkylation sites (N-methyl/N-ethyl adjacent to an activating group) is 2. The van der Waals surface area contributed by atoms with Crippen LogP contribution in [0, 0.1) is 0 Å². The smallest absolute Gasteiger partial charge is 0.306 e. The van der Waals surface area contributed by atoms with Gasteiger partial charge in [-0.05, 0) is 42.9 Å². The Labute approximate surface area is 159 Å². The molecule has 0 saturated carbocycles. The molecule has 0 unspecified atom stereocenters. The standard InChI is InChI=1S/C20H26N2O5/c1-21-18(24)12-22(2)19(25)13-27-20(26)10-9-17(23)16-8-7-14-5-3-4-6-15(14)11-16/h7-8,11H,3-6,9-10,12-13H2,1-2H3,(H,21,24). The van der Waals surface area contributed by atoms with Gasteiger partial charge in [0.25, 0.3) is 5.91 Å². The maximum atomic E-state index is 12.3. The Kier molecular flexibility index (Phi) is 7.52. The molecular formula is C20H26N2O5. The molecule has 0 fully saturated rings. The zero-order valence-corrected chi connectivity index (χ0v) is 15.9. The van der Waals surface area contributed by atoms with Gasteiger partial charge in [-0.3, -0.25) is 19.2 Å². The Bertz CT molecular complexity index is 729. The number of rotatable bonds is 8. The van der Waals surface area contributed by atoms with Gasteiger partial charge in [0.1, 0.15) is 0 Å². The van der Waals surface area contributed by atoms with E-state index in [1.165, 1.54) is 36.5 Å². The molecule has 0 aromatic heterocycles. The lowest BCUT2D eigenvalue weighted by molar-refractivity contribution is -0.151. The van der Waals surface area contributed by atoms with Crippen molar-refractivity contribution in [2.75, 3.05) is 27.2 Å². The molecule has 1 aliphatic carbocycles. The minimum atomic E-state index is -0.608. The van der Waals surface area contributed by atoms with Crippen LogP contribution in [-0.4, -0.2) is 55.7 Å². The monoisotopic (exact) mass is 374 g/mol. The summed E-state index contributed by atoms with van der Waals surface area (Å²) in [4.78, 5) is 48.3. The predicted octanol–water partition coefficient (Wildman–Crippen LogP) is 1.28. The van der Waals surface area contributed by atoms with Gasteiger partial charge >= 0.3 is 5.97 Å². The van der Waals surface area contributed by atoms with Gasteiger partial charge in [-0.1, -0.05) is 12.1 Å². The van der Waals surface area contributed by atoms with Crippen LogP contribution in [0.25, 0.3) is 0 Å². The second-order valence-corrected chi connectivity index (χ2v) is 6.70. The Balaban J connectivity index is 1.75. The second-order valence-electron chi connectivity index (χ2n) is 6.70. The van der Waals surface area contributed by atoms with Crippen LogP contribution in [0.3, 0.4) is 0 Å². The topological polar surface area (TPSA) is 92.8 Å². The van der Waals surface area contributed by atoms with Gasteiger partial charge in [0.15, 0.2) is 12.4 Å². The summed E-state index contributed by atoms with van der Waals surface area (Å²) in [7, 11) is 2.92. The molecule has 7 heteroatoms. The molecule has 7 nitrogen and oxygen atoms in total. The number of nitrogens with zero attached hydrogens (tertiary/aromatic N) is 1. The van der Waals surface area contributed by atoms with Crippen molar-refractivity contribution >= 4 is 23.6 Å². The summed E-state index contributed by atoms with van der Waals surface area (Å²) in [5.41, 5.74) is 3.14. The molecule has 0 saturated heterocycles. The minimum absolute atomic E-state index is 0.0416. The van der Waals surface area contributed by atoms with E-state index in [0.29, 0.717) is 5.56 Å². The van der Waals surface area contributed by atoms with E-state index in [4.69, 9.17) is 4.74 Å².